The van der Waals surface area contributed by atoms with E-state index in [9.17, 15) is 0 Å². The normalized spacial score (nSPS) is 10.8. The van der Waals surface area contributed by atoms with Crippen LogP contribution in [0, 0.1) is 0 Å². The SMILES string of the molecule is Nc1cnc2ccc(Br)cc2c1Sc1ncccn1. The number of hydrogen-bond acceptors (Lipinski definition) is 5. The van der Waals surface area contributed by atoms with Gasteiger partial charge in [0.1, 0.15) is 0 Å². The van der Waals surface area contributed by atoms with E-state index in [2.05, 4.69) is 30.9 Å². The molecule has 2 N–H and O–H groups in total. The number of rotatable bonds is 2. The molecule has 3 rings (SSSR count). The van der Waals surface area contributed by atoms with Crippen LogP contribution in [0.15, 0.2) is 57.4 Å². The first-order valence-electron chi connectivity index (χ1n) is 5.52. The second kappa shape index (κ2) is 5.14. The molecule has 1 aromatic carbocycles. The van der Waals surface area contributed by atoms with Crippen molar-refractivity contribution in [3.8, 4) is 0 Å². The summed E-state index contributed by atoms with van der Waals surface area (Å²) in [5.74, 6) is 0. The van der Waals surface area contributed by atoms with Crippen molar-refractivity contribution in [2.45, 2.75) is 10.1 Å². The maximum atomic E-state index is 6.03. The number of aromatic nitrogens is 3. The van der Waals surface area contributed by atoms with Gasteiger partial charge in [0.2, 0.25) is 0 Å². The topological polar surface area (TPSA) is 64.7 Å². The molecule has 0 atom stereocenters. The Morgan fingerprint density at radius 1 is 1.11 bits per heavy atom. The summed E-state index contributed by atoms with van der Waals surface area (Å²) in [6.07, 6.45) is 5.09. The highest BCUT2D eigenvalue weighted by Crippen LogP contribution is 2.36. The number of nitrogens with two attached hydrogens (primary N) is 1. The van der Waals surface area contributed by atoms with E-state index in [4.69, 9.17) is 5.73 Å². The van der Waals surface area contributed by atoms with Crippen LogP contribution in [0.4, 0.5) is 5.69 Å². The number of anilines is 1. The van der Waals surface area contributed by atoms with Crippen molar-refractivity contribution in [1.29, 1.82) is 0 Å². The van der Waals surface area contributed by atoms with Gasteiger partial charge in [-0.05, 0) is 36.0 Å². The Labute approximate surface area is 122 Å². The van der Waals surface area contributed by atoms with Gasteiger partial charge in [0.05, 0.1) is 17.4 Å². The van der Waals surface area contributed by atoms with Gasteiger partial charge in [-0.3, -0.25) is 4.98 Å². The molecule has 0 aliphatic heterocycles. The van der Waals surface area contributed by atoms with Gasteiger partial charge in [-0.15, -0.1) is 0 Å². The summed E-state index contributed by atoms with van der Waals surface area (Å²) in [7, 11) is 0. The Balaban J connectivity index is 2.16. The van der Waals surface area contributed by atoms with Gasteiger partial charge in [-0.1, -0.05) is 15.9 Å². The van der Waals surface area contributed by atoms with Crippen molar-refractivity contribution in [3.05, 3.63) is 47.3 Å². The zero-order chi connectivity index (χ0) is 13.2. The first-order chi connectivity index (χ1) is 9.24. The van der Waals surface area contributed by atoms with Crippen LogP contribution in [0.3, 0.4) is 0 Å². The zero-order valence-electron chi connectivity index (χ0n) is 9.75. The number of hydrogen-bond donors (Lipinski definition) is 1. The van der Waals surface area contributed by atoms with Crippen molar-refractivity contribution >= 4 is 44.3 Å². The number of nitrogen functional groups attached to an aromatic ring is 1. The van der Waals surface area contributed by atoms with Crippen LogP contribution in [0.2, 0.25) is 0 Å². The lowest BCUT2D eigenvalue weighted by atomic mass is 10.2. The predicted molar refractivity (Wildman–Crippen MR) is 80.0 cm³/mol. The molecule has 0 unspecified atom stereocenters. The molecule has 3 aromatic rings. The first-order valence-corrected chi connectivity index (χ1v) is 7.13. The van der Waals surface area contributed by atoms with Crippen LogP contribution in [-0.4, -0.2) is 15.0 Å². The quantitative estimate of drug-likeness (QED) is 0.727. The highest BCUT2D eigenvalue weighted by atomic mass is 79.9. The lowest BCUT2D eigenvalue weighted by Gasteiger charge is -2.08. The standard InChI is InChI=1S/C13H9BrN4S/c14-8-2-3-11-9(6-8)12(10(15)7-18-11)19-13-16-4-1-5-17-13/h1-7H,15H2. The third kappa shape index (κ3) is 2.54. The molecular formula is C13H9BrN4S. The Morgan fingerprint density at radius 3 is 2.68 bits per heavy atom. The summed E-state index contributed by atoms with van der Waals surface area (Å²) in [5.41, 5.74) is 7.56. The van der Waals surface area contributed by atoms with Crippen LogP contribution in [0.25, 0.3) is 10.9 Å². The van der Waals surface area contributed by atoms with Gasteiger partial charge in [-0.2, -0.15) is 0 Å². The lowest BCUT2D eigenvalue weighted by molar-refractivity contribution is 0.967. The van der Waals surface area contributed by atoms with Crippen LogP contribution in [0.5, 0.6) is 0 Å². The van der Waals surface area contributed by atoms with Gasteiger partial charge < -0.3 is 5.73 Å². The van der Waals surface area contributed by atoms with E-state index in [1.807, 2.05) is 18.2 Å². The van der Waals surface area contributed by atoms with Crippen LogP contribution < -0.4 is 5.73 Å². The van der Waals surface area contributed by atoms with Crippen molar-refractivity contribution in [3.63, 3.8) is 0 Å². The van der Waals surface area contributed by atoms with Crippen molar-refractivity contribution in [2.24, 2.45) is 0 Å². The van der Waals surface area contributed by atoms with Crippen LogP contribution in [0.1, 0.15) is 0 Å². The zero-order valence-corrected chi connectivity index (χ0v) is 12.1. The number of halogens is 1. The van der Waals surface area contributed by atoms with E-state index in [0.29, 0.717) is 10.8 Å². The molecular weight excluding hydrogens is 324 g/mol. The number of fused-ring (bicyclic) bond motifs is 1. The van der Waals surface area contributed by atoms with Crippen molar-refractivity contribution < 1.29 is 0 Å². The molecule has 0 aliphatic rings. The molecule has 94 valence electrons. The molecule has 0 fully saturated rings. The monoisotopic (exact) mass is 332 g/mol. The van der Waals surface area contributed by atoms with Gasteiger partial charge in [-0.25, -0.2) is 9.97 Å². The fraction of sp³-hybridized carbons (Fsp3) is 0. The average Bonchev–Trinajstić information content (AvgIpc) is 2.43. The average molecular weight is 333 g/mol. The maximum absolute atomic E-state index is 6.03. The number of pyridine rings is 1. The largest absolute Gasteiger partial charge is 0.397 e. The molecule has 0 aliphatic carbocycles. The van der Waals surface area contributed by atoms with Gasteiger partial charge >= 0.3 is 0 Å². The van der Waals surface area contributed by atoms with E-state index in [-0.39, 0.29) is 0 Å². The predicted octanol–water partition coefficient (Wildman–Crippen LogP) is 3.52. The van der Waals surface area contributed by atoms with Gasteiger partial charge in [0.15, 0.2) is 5.16 Å². The van der Waals surface area contributed by atoms with E-state index in [0.717, 1.165) is 20.3 Å². The minimum atomic E-state index is 0.628. The van der Waals surface area contributed by atoms with Crippen molar-refractivity contribution in [2.75, 3.05) is 5.73 Å². The summed E-state index contributed by atoms with van der Waals surface area (Å²) < 4.78 is 0.989. The lowest BCUT2D eigenvalue weighted by Crippen LogP contribution is -1.93. The molecule has 4 nitrogen and oxygen atoms in total. The Hall–Kier alpha value is -1.66. The second-order valence-corrected chi connectivity index (χ2v) is 5.73. The summed E-state index contributed by atoms with van der Waals surface area (Å²) in [6.45, 7) is 0. The summed E-state index contributed by atoms with van der Waals surface area (Å²) in [5, 5.41) is 1.66. The maximum Gasteiger partial charge on any atom is 0.192 e. The van der Waals surface area contributed by atoms with Crippen LogP contribution in [-0.2, 0) is 0 Å². The minimum Gasteiger partial charge on any atom is -0.397 e. The Kier molecular flexibility index (Phi) is 3.35. The Morgan fingerprint density at radius 2 is 1.89 bits per heavy atom. The van der Waals surface area contributed by atoms with E-state index < -0.39 is 0 Å². The summed E-state index contributed by atoms with van der Waals surface area (Å²) >= 11 is 4.91. The molecule has 2 aromatic heterocycles. The summed E-state index contributed by atoms with van der Waals surface area (Å²) in [6, 6.07) is 7.70. The molecule has 6 heteroatoms. The highest BCUT2D eigenvalue weighted by Gasteiger charge is 2.10. The third-order valence-corrected chi connectivity index (χ3v) is 4.09. The van der Waals surface area contributed by atoms with Crippen LogP contribution >= 0.6 is 27.7 Å². The third-order valence-electron chi connectivity index (χ3n) is 2.54. The molecule has 19 heavy (non-hydrogen) atoms. The van der Waals surface area contributed by atoms with E-state index in [1.165, 1.54) is 11.8 Å². The molecule has 2 heterocycles. The summed E-state index contributed by atoms with van der Waals surface area (Å²) in [4.78, 5) is 13.7. The Bertz CT molecular complexity index is 728. The fourth-order valence-corrected chi connectivity index (χ4v) is 2.91. The number of benzene rings is 1. The first kappa shape index (κ1) is 12.4. The van der Waals surface area contributed by atoms with Gasteiger partial charge in [0, 0.05) is 27.1 Å². The fourth-order valence-electron chi connectivity index (χ4n) is 1.70. The van der Waals surface area contributed by atoms with E-state index in [1.54, 1.807) is 24.7 Å². The van der Waals surface area contributed by atoms with Crippen molar-refractivity contribution in [1.82, 2.24) is 15.0 Å². The smallest absolute Gasteiger partial charge is 0.192 e. The van der Waals surface area contributed by atoms with Gasteiger partial charge in [0.25, 0.3) is 0 Å². The minimum absolute atomic E-state index is 0.628. The molecule has 0 spiro atoms. The van der Waals surface area contributed by atoms with E-state index >= 15 is 0 Å². The molecule has 0 radical (unpaired) electrons. The molecule has 0 saturated carbocycles. The number of nitrogens with zero attached hydrogens (tertiary/aromatic N) is 3. The highest BCUT2D eigenvalue weighted by molar-refractivity contribution is 9.10. The molecule has 0 amide bonds. The molecule has 0 bridgehead atoms. The molecule has 0 saturated heterocycles. The second-order valence-electron chi connectivity index (χ2n) is 3.84.